The van der Waals surface area contributed by atoms with Crippen molar-refractivity contribution in [2.24, 2.45) is 0 Å². The van der Waals surface area contributed by atoms with E-state index in [4.69, 9.17) is 9.26 Å². The highest BCUT2D eigenvalue weighted by atomic mass is 19.1. The Morgan fingerprint density at radius 2 is 1.86 bits per heavy atom. The highest BCUT2D eigenvalue weighted by Crippen LogP contribution is 2.28. The van der Waals surface area contributed by atoms with Gasteiger partial charge in [-0.05, 0) is 65.0 Å². The van der Waals surface area contributed by atoms with Gasteiger partial charge in [-0.1, -0.05) is 5.16 Å². The van der Waals surface area contributed by atoms with Crippen LogP contribution in [-0.4, -0.2) is 33.7 Å². The number of hydrogen-bond acceptors (Lipinski definition) is 6. The zero-order chi connectivity index (χ0) is 21.3. The van der Waals surface area contributed by atoms with Gasteiger partial charge in [0.1, 0.15) is 5.82 Å². The Bertz CT molecular complexity index is 1070. The van der Waals surface area contributed by atoms with Gasteiger partial charge in [0.25, 0.3) is 11.6 Å². The number of carbonyl (C=O) groups excluding carboxylic acids is 2. The molecule has 0 bridgehead atoms. The van der Waals surface area contributed by atoms with Crippen molar-refractivity contribution in [3.63, 3.8) is 0 Å². The first-order valence-electron chi connectivity index (χ1n) is 9.11. The molecule has 2 heterocycles. The lowest BCUT2D eigenvalue weighted by atomic mass is 10.1. The number of pyridine rings is 1. The summed E-state index contributed by atoms with van der Waals surface area (Å²) in [5, 5.41) is 7.04. The molecule has 1 N–H and O–H groups in total. The molecule has 7 nitrogen and oxygen atoms in total. The maximum Gasteiger partial charge on any atom is 0.339 e. The topological polar surface area (TPSA) is 94.3 Å². The molecular formula is C21H22FN3O4. The van der Waals surface area contributed by atoms with Gasteiger partial charge in [-0.3, -0.25) is 4.79 Å². The Balaban J connectivity index is 1.96. The summed E-state index contributed by atoms with van der Waals surface area (Å²) in [5.41, 5.74) is 1.33. The van der Waals surface area contributed by atoms with Gasteiger partial charge in [-0.25, -0.2) is 14.2 Å². The number of amides is 1. The number of carbonyl (C=O) groups is 2. The Hall–Kier alpha value is -3.29. The largest absolute Gasteiger partial charge is 0.449 e. The van der Waals surface area contributed by atoms with Gasteiger partial charge in [0.15, 0.2) is 6.10 Å². The molecule has 0 aliphatic carbocycles. The van der Waals surface area contributed by atoms with E-state index in [-0.39, 0.29) is 17.1 Å². The third-order valence-corrected chi connectivity index (χ3v) is 4.13. The minimum Gasteiger partial charge on any atom is -0.449 e. The molecule has 0 aliphatic heterocycles. The molecule has 1 atom stereocenters. The van der Waals surface area contributed by atoms with E-state index in [1.165, 1.54) is 25.1 Å². The van der Waals surface area contributed by atoms with Gasteiger partial charge in [0, 0.05) is 11.1 Å². The number of nitrogens with zero attached hydrogens (tertiary/aromatic N) is 2. The van der Waals surface area contributed by atoms with Crippen LogP contribution >= 0.6 is 0 Å². The highest BCUT2D eigenvalue weighted by molar-refractivity contribution is 6.05. The molecular weight excluding hydrogens is 377 g/mol. The first-order chi connectivity index (χ1) is 13.5. The molecule has 152 valence electrons. The summed E-state index contributed by atoms with van der Waals surface area (Å²) >= 11 is 0. The number of rotatable bonds is 4. The van der Waals surface area contributed by atoms with Crippen molar-refractivity contribution in [3.8, 4) is 11.3 Å². The van der Waals surface area contributed by atoms with Crippen LogP contribution in [0.3, 0.4) is 0 Å². The molecule has 0 spiro atoms. The molecule has 8 heteroatoms. The molecule has 3 rings (SSSR count). The maximum atomic E-state index is 13.2. The highest BCUT2D eigenvalue weighted by Gasteiger charge is 2.26. The van der Waals surface area contributed by atoms with E-state index in [2.05, 4.69) is 15.5 Å². The molecule has 0 fully saturated rings. The zero-order valence-corrected chi connectivity index (χ0v) is 16.9. The molecule has 1 amide bonds. The number of aryl methyl sites for hydroxylation is 1. The second kappa shape index (κ2) is 7.62. The van der Waals surface area contributed by atoms with Crippen LogP contribution in [0.5, 0.6) is 0 Å². The summed E-state index contributed by atoms with van der Waals surface area (Å²) in [4.78, 5) is 29.5. The van der Waals surface area contributed by atoms with Crippen LogP contribution in [0.25, 0.3) is 22.4 Å². The van der Waals surface area contributed by atoms with Gasteiger partial charge in [-0.2, -0.15) is 0 Å². The summed E-state index contributed by atoms with van der Waals surface area (Å²) in [7, 11) is 0. The molecule has 29 heavy (non-hydrogen) atoms. The predicted molar refractivity (Wildman–Crippen MR) is 105 cm³/mol. The van der Waals surface area contributed by atoms with Crippen molar-refractivity contribution in [3.05, 3.63) is 47.4 Å². The fourth-order valence-electron chi connectivity index (χ4n) is 2.77. The quantitative estimate of drug-likeness (QED) is 0.671. The fourth-order valence-corrected chi connectivity index (χ4v) is 2.77. The van der Waals surface area contributed by atoms with Crippen molar-refractivity contribution in [1.82, 2.24) is 15.5 Å². The lowest BCUT2D eigenvalue weighted by molar-refractivity contribution is -0.130. The smallest absolute Gasteiger partial charge is 0.339 e. The van der Waals surface area contributed by atoms with E-state index in [0.717, 1.165) is 0 Å². The number of benzene rings is 1. The minimum atomic E-state index is -1.00. The molecule has 2 aromatic heterocycles. The maximum absolute atomic E-state index is 13.2. The molecule has 3 aromatic rings. The first kappa shape index (κ1) is 20.4. The average Bonchev–Trinajstić information content (AvgIpc) is 3.01. The SMILES string of the molecule is Cc1noc2nc(-c3ccc(F)cc3)cc(C(=O)OC(C)C(=O)NC(C)(C)C)c12. The number of halogens is 1. The van der Waals surface area contributed by atoms with E-state index in [1.807, 2.05) is 20.8 Å². The summed E-state index contributed by atoms with van der Waals surface area (Å²) < 4.78 is 23.8. The van der Waals surface area contributed by atoms with Gasteiger partial charge in [-0.15, -0.1) is 0 Å². The second-order valence-corrected chi connectivity index (χ2v) is 7.80. The lowest BCUT2D eigenvalue weighted by Crippen LogP contribution is -2.46. The summed E-state index contributed by atoms with van der Waals surface area (Å²) in [6.45, 7) is 8.68. The predicted octanol–water partition coefficient (Wildman–Crippen LogP) is 3.80. The lowest BCUT2D eigenvalue weighted by Gasteiger charge is -2.23. The van der Waals surface area contributed by atoms with Crippen molar-refractivity contribution in [2.75, 3.05) is 0 Å². The molecule has 1 unspecified atom stereocenters. The van der Waals surface area contributed by atoms with Crippen LogP contribution in [0.4, 0.5) is 4.39 Å². The molecule has 0 saturated heterocycles. The number of fused-ring (bicyclic) bond motifs is 1. The molecule has 0 radical (unpaired) electrons. The Morgan fingerprint density at radius 1 is 1.21 bits per heavy atom. The summed E-state index contributed by atoms with van der Waals surface area (Å²) in [5.74, 6) is -1.50. The van der Waals surface area contributed by atoms with Crippen LogP contribution in [0.1, 0.15) is 43.7 Å². The number of hydrogen-bond donors (Lipinski definition) is 1. The van der Waals surface area contributed by atoms with Gasteiger partial charge in [0.05, 0.1) is 22.3 Å². The second-order valence-electron chi connectivity index (χ2n) is 7.80. The van der Waals surface area contributed by atoms with E-state index in [0.29, 0.717) is 22.3 Å². The molecule has 0 aliphatic rings. The first-order valence-corrected chi connectivity index (χ1v) is 9.11. The zero-order valence-electron chi connectivity index (χ0n) is 16.9. The minimum absolute atomic E-state index is 0.156. The average molecular weight is 399 g/mol. The summed E-state index contributed by atoms with van der Waals surface area (Å²) in [6, 6.07) is 7.20. The van der Waals surface area contributed by atoms with E-state index in [9.17, 15) is 14.0 Å². The van der Waals surface area contributed by atoms with Crippen LogP contribution in [0.15, 0.2) is 34.9 Å². The van der Waals surface area contributed by atoms with Crippen LogP contribution in [0.2, 0.25) is 0 Å². The fraction of sp³-hybridized carbons (Fsp3) is 0.333. The number of nitrogens with one attached hydrogen (secondary N) is 1. The van der Waals surface area contributed by atoms with E-state index < -0.39 is 23.5 Å². The van der Waals surface area contributed by atoms with E-state index in [1.54, 1.807) is 19.1 Å². The van der Waals surface area contributed by atoms with Gasteiger partial charge < -0.3 is 14.6 Å². The molecule has 1 aromatic carbocycles. The van der Waals surface area contributed by atoms with Crippen molar-refractivity contribution in [2.45, 2.75) is 46.3 Å². The normalized spacial score (nSPS) is 12.6. The molecule has 0 saturated carbocycles. The standard InChI is InChI=1S/C21H22FN3O4/c1-11-17-15(20(27)28-12(2)18(26)24-21(3,4)5)10-16(23-19(17)29-25-11)13-6-8-14(22)9-7-13/h6-10,12H,1-5H3,(H,24,26). The van der Waals surface area contributed by atoms with Crippen LogP contribution in [-0.2, 0) is 9.53 Å². The van der Waals surface area contributed by atoms with Crippen LogP contribution < -0.4 is 5.32 Å². The Kier molecular flexibility index (Phi) is 5.37. The van der Waals surface area contributed by atoms with Gasteiger partial charge >= 0.3 is 5.97 Å². The monoisotopic (exact) mass is 399 g/mol. The number of ether oxygens (including phenoxy) is 1. The van der Waals surface area contributed by atoms with E-state index >= 15 is 0 Å². The number of esters is 1. The third-order valence-electron chi connectivity index (χ3n) is 4.13. The van der Waals surface area contributed by atoms with Crippen molar-refractivity contribution in [1.29, 1.82) is 0 Å². The number of aromatic nitrogens is 2. The summed E-state index contributed by atoms with van der Waals surface area (Å²) in [6.07, 6.45) is -1.00. The van der Waals surface area contributed by atoms with Crippen molar-refractivity contribution >= 4 is 23.0 Å². The van der Waals surface area contributed by atoms with Crippen molar-refractivity contribution < 1.29 is 23.2 Å². The van der Waals surface area contributed by atoms with Gasteiger partial charge in [0.2, 0.25) is 0 Å². The Morgan fingerprint density at radius 3 is 2.48 bits per heavy atom. The Labute approximate surface area is 167 Å². The van der Waals surface area contributed by atoms with Crippen LogP contribution in [0, 0.1) is 12.7 Å². The third kappa shape index (κ3) is 4.59.